The van der Waals surface area contributed by atoms with E-state index in [-0.39, 0.29) is 12.5 Å². The van der Waals surface area contributed by atoms with Crippen LogP contribution in [0, 0.1) is 3.57 Å². The van der Waals surface area contributed by atoms with Gasteiger partial charge in [-0.2, -0.15) is 5.10 Å². The molecule has 0 atom stereocenters. The molecule has 0 fully saturated rings. The second kappa shape index (κ2) is 12.0. The molecule has 0 radical (unpaired) electrons. The van der Waals surface area contributed by atoms with Crippen molar-refractivity contribution in [1.82, 2.24) is 5.43 Å². The highest BCUT2D eigenvalue weighted by molar-refractivity contribution is 14.1. The predicted octanol–water partition coefficient (Wildman–Crippen LogP) is 3.40. The lowest BCUT2D eigenvalue weighted by Crippen LogP contribution is -2.17. The Kier molecular flexibility index (Phi) is 9.39. The summed E-state index contributed by atoms with van der Waals surface area (Å²) in [5.41, 5.74) is 3.65. The average molecular weight is 526 g/mol. The Hall–Kier alpha value is -2.82. The first kappa shape index (κ1) is 23.5. The number of benzene rings is 2. The number of halogens is 1. The third kappa shape index (κ3) is 6.90. The van der Waals surface area contributed by atoms with E-state index in [1.165, 1.54) is 13.3 Å². The van der Waals surface area contributed by atoms with Crippen LogP contribution >= 0.6 is 22.6 Å². The topological polar surface area (TPSA) is 95.5 Å². The molecule has 0 unspecified atom stereocenters. The summed E-state index contributed by atoms with van der Waals surface area (Å²) in [5.74, 6) is 0.777. The lowest BCUT2D eigenvalue weighted by Gasteiger charge is -2.14. The summed E-state index contributed by atoms with van der Waals surface area (Å²) < 4.78 is 21.8. The van der Waals surface area contributed by atoms with Gasteiger partial charge in [0.05, 0.1) is 30.1 Å². The summed E-state index contributed by atoms with van der Waals surface area (Å²) in [4.78, 5) is 23.6. The van der Waals surface area contributed by atoms with Crippen LogP contribution < -0.4 is 19.6 Å². The molecule has 2 aromatic carbocycles. The highest BCUT2D eigenvalue weighted by Crippen LogP contribution is 2.34. The molecule has 0 aromatic heterocycles. The van der Waals surface area contributed by atoms with E-state index >= 15 is 0 Å². The largest absolute Gasteiger partial charge is 0.494 e. The van der Waals surface area contributed by atoms with Crippen molar-refractivity contribution in [2.24, 2.45) is 5.10 Å². The number of hydrogen-bond acceptors (Lipinski definition) is 7. The Bertz CT molecular complexity index is 899. The summed E-state index contributed by atoms with van der Waals surface area (Å²) in [5, 5.41) is 4.01. The molecule has 30 heavy (non-hydrogen) atoms. The number of hydrazone groups is 1. The number of nitrogens with zero attached hydrogens (tertiary/aromatic N) is 1. The third-order valence-electron chi connectivity index (χ3n) is 3.70. The summed E-state index contributed by atoms with van der Waals surface area (Å²) in [6.45, 7) is 4.49. The summed E-state index contributed by atoms with van der Waals surface area (Å²) >= 11 is 2.08. The van der Waals surface area contributed by atoms with Gasteiger partial charge in [-0.25, -0.2) is 10.2 Å². The predicted molar refractivity (Wildman–Crippen MR) is 121 cm³/mol. The van der Waals surface area contributed by atoms with Crippen LogP contribution in [-0.4, -0.2) is 45.0 Å². The summed E-state index contributed by atoms with van der Waals surface area (Å²) in [6, 6.07) is 10.3. The Morgan fingerprint density at radius 3 is 2.40 bits per heavy atom. The maximum atomic E-state index is 12.2. The Morgan fingerprint density at radius 2 is 1.77 bits per heavy atom. The van der Waals surface area contributed by atoms with Gasteiger partial charge in [-0.05, 0) is 78.4 Å². The Labute approximate surface area is 188 Å². The van der Waals surface area contributed by atoms with Gasteiger partial charge in [0, 0.05) is 5.56 Å². The summed E-state index contributed by atoms with van der Waals surface area (Å²) in [7, 11) is 1.29. The van der Waals surface area contributed by atoms with E-state index in [2.05, 4.69) is 37.9 Å². The quantitative estimate of drug-likeness (QED) is 0.221. The Balaban J connectivity index is 2.08. The minimum atomic E-state index is -0.490. The van der Waals surface area contributed by atoms with Gasteiger partial charge in [-0.15, -0.1) is 0 Å². The molecule has 2 rings (SSSR count). The van der Waals surface area contributed by atoms with Crippen molar-refractivity contribution >= 4 is 40.7 Å². The number of nitrogens with one attached hydrogen (secondary N) is 1. The van der Waals surface area contributed by atoms with Gasteiger partial charge in [0.1, 0.15) is 5.75 Å². The number of rotatable bonds is 10. The lowest BCUT2D eigenvalue weighted by molar-refractivity contribution is -0.142. The first-order valence-corrected chi connectivity index (χ1v) is 10.3. The zero-order chi connectivity index (χ0) is 21.9. The van der Waals surface area contributed by atoms with E-state index in [0.29, 0.717) is 41.6 Å². The zero-order valence-electron chi connectivity index (χ0n) is 16.9. The normalized spacial score (nSPS) is 10.5. The molecule has 1 N–H and O–H groups in total. The standard InChI is InChI=1S/C21H23IN2O6/c1-4-28-16-8-6-15(7-9-16)21(26)24-23-12-14-10-17(22)20(18(11-14)29-5-2)30-13-19(25)27-3/h6-12H,4-5,13H2,1-3H3,(H,24,26)/b23-12+. The number of amides is 1. The van der Waals surface area contributed by atoms with Crippen LogP contribution in [0.3, 0.4) is 0 Å². The van der Waals surface area contributed by atoms with Crippen molar-refractivity contribution in [3.63, 3.8) is 0 Å². The van der Waals surface area contributed by atoms with E-state index in [0.717, 1.165) is 3.57 Å². The van der Waals surface area contributed by atoms with Crippen molar-refractivity contribution in [3.8, 4) is 17.2 Å². The molecule has 0 saturated heterocycles. The van der Waals surface area contributed by atoms with Gasteiger partial charge >= 0.3 is 5.97 Å². The molecule has 2 aromatic rings. The van der Waals surface area contributed by atoms with Crippen molar-refractivity contribution in [3.05, 3.63) is 51.1 Å². The van der Waals surface area contributed by atoms with E-state index in [4.69, 9.17) is 14.2 Å². The van der Waals surface area contributed by atoms with E-state index < -0.39 is 5.97 Å². The number of ether oxygens (including phenoxy) is 4. The van der Waals surface area contributed by atoms with Crippen molar-refractivity contribution in [1.29, 1.82) is 0 Å². The van der Waals surface area contributed by atoms with E-state index in [1.54, 1.807) is 36.4 Å². The van der Waals surface area contributed by atoms with Crippen molar-refractivity contribution < 1.29 is 28.5 Å². The molecule has 0 bridgehead atoms. The maximum absolute atomic E-state index is 12.2. The average Bonchev–Trinajstić information content (AvgIpc) is 2.74. The minimum Gasteiger partial charge on any atom is -0.494 e. The molecule has 160 valence electrons. The Morgan fingerprint density at radius 1 is 1.07 bits per heavy atom. The zero-order valence-corrected chi connectivity index (χ0v) is 19.1. The highest BCUT2D eigenvalue weighted by atomic mass is 127. The minimum absolute atomic E-state index is 0.224. The first-order valence-electron chi connectivity index (χ1n) is 9.20. The molecular formula is C21H23IN2O6. The fraction of sp³-hybridized carbons (Fsp3) is 0.286. The van der Waals surface area contributed by atoms with Crippen LogP contribution in [0.2, 0.25) is 0 Å². The fourth-order valence-electron chi connectivity index (χ4n) is 2.35. The van der Waals surface area contributed by atoms with Gasteiger partial charge in [0.2, 0.25) is 0 Å². The number of esters is 1. The van der Waals surface area contributed by atoms with Gasteiger partial charge in [0.15, 0.2) is 18.1 Å². The van der Waals surface area contributed by atoms with Crippen molar-refractivity contribution in [2.75, 3.05) is 26.9 Å². The van der Waals surface area contributed by atoms with Crippen LogP contribution in [-0.2, 0) is 9.53 Å². The molecule has 1 amide bonds. The highest BCUT2D eigenvalue weighted by Gasteiger charge is 2.14. The maximum Gasteiger partial charge on any atom is 0.343 e. The van der Waals surface area contributed by atoms with E-state index in [9.17, 15) is 9.59 Å². The molecule has 0 aliphatic heterocycles. The SMILES string of the molecule is CCOc1ccc(C(=O)N/N=C/c2cc(I)c(OCC(=O)OC)c(OCC)c2)cc1. The summed E-state index contributed by atoms with van der Waals surface area (Å²) in [6.07, 6.45) is 1.50. The number of hydrogen-bond donors (Lipinski definition) is 1. The van der Waals surface area contributed by atoms with Crippen LogP contribution in [0.25, 0.3) is 0 Å². The van der Waals surface area contributed by atoms with E-state index in [1.807, 2.05) is 13.8 Å². The fourth-order valence-corrected chi connectivity index (χ4v) is 3.14. The second-order valence-corrected chi connectivity index (χ2v) is 6.95. The van der Waals surface area contributed by atoms with Crippen LogP contribution in [0.15, 0.2) is 41.5 Å². The molecule has 0 spiro atoms. The third-order valence-corrected chi connectivity index (χ3v) is 4.50. The molecule has 0 saturated carbocycles. The van der Waals surface area contributed by atoms with Gasteiger partial charge in [-0.1, -0.05) is 0 Å². The van der Waals surface area contributed by atoms with Gasteiger partial charge in [-0.3, -0.25) is 4.79 Å². The first-order chi connectivity index (χ1) is 14.5. The smallest absolute Gasteiger partial charge is 0.343 e. The lowest BCUT2D eigenvalue weighted by atomic mass is 10.2. The molecule has 9 heteroatoms. The molecule has 8 nitrogen and oxygen atoms in total. The second-order valence-electron chi connectivity index (χ2n) is 5.78. The number of methoxy groups -OCH3 is 1. The number of carbonyl (C=O) groups excluding carboxylic acids is 2. The van der Waals surface area contributed by atoms with Crippen LogP contribution in [0.4, 0.5) is 0 Å². The van der Waals surface area contributed by atoms with Crippen LogP contribution in [0.5, 0.6) is 17.2 Å². The van der Waals surface area contributed by atoms with Crippen molar-refractivity contribution in [2.45, 2.75) is 13.8 Å². The molecule has 0 aliphatic rings. The van der Waals surface area contributed by atoms with Gasteiger partial charge in [0.25, 0.3) is 5.91 Å². The molecule has 0 aliphatic carbocycles. The monoisotopic (exact) mass is 526 g/mol. The number of carbonyl (C=O) groups is 2. The van der Waals surface area contributed by atoms with Gasteiger partial charge < -0.3 is 18.9 Å². The molecule has 0 heterocycles. The van der Waals surface area contributed by atoms with Crippen LogP contribution in [0.1, 0.15) is 29.8 Å². The molecular weight excluding hydrogens is 503 g/mol.